The Kier molecular flexibility index (Phi) is 6.05. The molecule has 1 aromatic heterocycles. The highest BCUT2D eigenvalue weighted by atomic mass is 19.1. The second kappa shape index (κ2) is 9.31. The maximum atomic E-state index is 15.7. The van der Waals surface area contributed by atoms with Crippen molar-refractivity contribution in [1.29, 1.82) is 0 Å². The molecule has 1 saturated heterocycles. The number of carboxylic acid groups (broad SMARTS) is 1. The van der Waals surface area contributed by atoms with Crippen molar-refractivity contribution in [3.8, 4) is 11.1 Å². The van der Waals surface area contributed by atoms with Gasteiger partial charge < -0.3 is 14.9 Å². The van der Waals surface area contributed by atoms with Crippen LogP contribution in [0.3, 0.4) is 0 Å². The zero-order valence-corrected chi connectivity index (χ0v) is 19.3. The van der Waals surface area contributed by atoms with Gasteiger partial charge in [-0.1, -0.05) is 42.5 Å². The Bertz CT molecular complexity index is 1430. The Morgan fingerprint density at radius 1 is 0.971 bits per heavy atom. The lowest BCUT2D eigenvalue weighted by Crippen LogP contribution is -2.44. The molecule has 1 N–H and O–H groups in total. The molecule has 4 aromatic rings. The molecule has 5 rings (SSSR count). The average Bonchev–Trinajstić information content (AvgIpc) is 2.87. The van der Waals surface area contributed by atoms with Gasteiger partial charge in [0.15, 0.2) is 6.04 Å². The molecule has 3 aromatic carbocycles. The van der Waals surface area contributed by atoms with Crippen molar-refractivity contribution >= 4 is 22.6 Å². The third-order valence-electron chi connectivity index (χ3n) is 6.56. The van der Waals surface area contributed by atoms with Crippen molar-refractivity contribution in [2.45, 2.75) is 6.04 Å². The SMILES string of the molecule is CN1CCN(c2ccc(-c3ccc4ncn(C(C(=O)O)c5ccccc5)c(=O)c4c3F)cc2)CC1. The van der Waals surface area contributed by atoms with Crippen molar-refractivity contribution in [1.82, 2.24) is 14.5 Å². The van der Waals surface area contributed by atoms with Gasteiger partial charge in [0.25, 0.3) is 5.56 Å². The molecular weight excluding hydrogens is 447 g/mol. The minimum atomic E-state index is -1.31. The van der Waals surface area contributed by atoms with Crippen LogP contribution < -0.4 is 10.5 Å². The number of fused-ring (bicyclic) bond motifs is 1. The number of rotatable bonds is 5. The van der Waals surface area contributed by atoms with Crippen LogP contribution in [0.2, 0.25) is 0 Å². The molecule has 0 amide bonds. The molecule has 0 aliphatic carbocycles. The van der Waals surface area contributed by atoms with Gasteiger partial charge in [-0.05, 0) is 42.4 Å². The quantitative estimate of drug-likeness (QED) is 0.478. The summed E-state index contributed by atoms with van der Waals surface area (Å²) in [6.45, 7) is 3.83. The first kappa shape index (κ1) is 22.7. The van der Waals surface area contributed by atoms with E-state index in [-0.39, 0.29) is 16.5 Å². The van der Waals surface area contributed by atoms with E-state index in [4.69, 9.17) is 0 Å². The predicted molar refractivity (Wildman–Crippen MR) is 133 cm³/mol. The topological polar surface area (TPSA) is 78.7 Å². The van der Waals surface area contributed by atoms with Crippen LogP contribution in [0, 0.1) is 5.82 Å². The van der Waals surface area contributed by atoms with Crippen LogP contribution in [-0.2, 0) is 4.79 Å². The lowest BCUT2D eigenvalue weighted by Gasteiger charge is -2.34. The molecule has 35 heavy (non-hydrogen) atoms. The van der Waals surface area contributed by atoms with Gasteiger partial charge >= 0.3 is 5.97 Å². The number of carboxylic acids is 1. The predicted octanol–water partition coefficient (Wildman–Crippen LogP) is 3.63. The van der Waals surface area contributed by atoms with Crippen molar-refractivity contribution < 1.29 is 14.3 Å². The fourth-order valence-corrected chi connectivity index (χ4v) is 4.56. The number of halogens is 1. The Balaban J connectivity index is 1.55. The third kappa shape index (κ3) is 4.28. The minimum Gasteiger partial charge on any atom is -0.479 e. The number of benzene rings is 3. The molecule has 1 unspecified atom stereocenters. The normalized spacial score (nSPS) is 15.3. The van der Waals surface area contributed by atoms with Crippen molar-refractivity contribution in [3.63, 3.8) is 0 Å². The number of hydrogen-bond acceptors (Lipinski definition) is 5. The lowest BCUT2D eigenvalue weighted by molar-refractivity contribution is -0.139. The summed E-state index contributed by atoms with van der Waals surface area (Å²) >= 11 is 0. The van der Waals surface area contributed by atoms with Crippen LogP contribution in [0.4, 0.5) is 10.1 Å². The number of aromatic nitrogens is 2. The highest BCUT2D eigenvalue weighted by Crippen LogP contribution is 2.29. The van der Waals surface area contributed by atoms with E-state index >= 15 is 4.39 Å². The number of likely N-dealkylation sites (N-methyl/N-ethyl adjacent to an activating group) is 1. The van der Waals surface area contributed by atoms with E-state index in [1.54, 1.807) is 42.5 Å². The molecule has 7 nitrogen and oxygen atoms in total. The van der Waals surface area contributed by atoms with Crippen molar-refractivity contribution in [2.24, 2.45) is 0 Å². The summed E-state index contributed by atoms with van der Waals surface area (Å²) in [5.41, 5.74) is 1.82. The smallest absolute Gasteiger partial charge is 0.331 e. The standard InChI is InChI=1S/C27H25FN4O3/c1-30-13-15-31(16-14-30)20-9-7-18(8-10-20)21-11-12-22-23(24(21)28)26(33)32(17-29-22)25(27(34)35)19-5-3-2-4-6-19/h2-12,17,25H,13-16H2,1H3,(H,34,35). The Labute approximate surface area is 201 Å². The van der Waals surface area contributed by atoms with E-state index in [2.05, 4.69) is 21.8 Å². The van der Waals surface area contributed by atoms with Gasteiger partial charge in [0, 0.05) is 37.4 Å². The van der Waals surface area contributed by atoms with Gasteiger partial charge in [0.1, 0.15) is 11.2 Å². The van der Waals surface area contributed by atoms with Crippen LogP contribution in [-0.4, -0.2) is 58.8 Å². The van der Waals surface area contributed by atoms with Gasteiger partial charge in [-0.2, -0.15) is 0 Å². The first-order valence-corrected chi connectivity index (χ1v) is 11.4. The summed E-state index contributed by atoms with van der Waals surface area (Å²) in [5, 5.41) is 9.61. The van der Waals surface area contributed by atoms with E-state index in [0.29, 0.717) is 11.1 Å². The third-order valence-corrected chi connectivity index (χ3v) is 6.56. The number of piperazine rings is 1. The van der Waals surface area contributed by atoms with Crippen LogP contribution in [0.15, 0.2) is 77.9 Å². The first-order chi connectivity index (χ1) is 16.9. The highest BCUT2D eigenvalue weighted by molar-refractivity contribution is 5.85. The van der Waals surface area contributed by atoms with E-state index in [1.165, 1.54) is 6.33 Å². The summed E-state index contributed by atoms with van der Waals surface area (Å²) in [5.74, 6) is -1.94. The summed E-state index contributed by atoms with van der Waals surface area (Å²) in [6, 6.07) is 17.9. The van der Waals surface area contributed by atoms with Gasteiger partial charge in [0.05, 0.1) is 11.8 Å². The lowest BCUT2D eigenvalue weighted by atomic mass is 10.0. The zero-order chi connectivity index (χ0) is 24.5. The number of aliphatic carboxylic acids is 1. The fourth-order valence-electron chi connectivity index (χ4n) is 4.56. The number of nitrogens with zero attached hydrogens (tertiary/aromatic N) is 4. The maximum absolute atomic E-state index is 15.7. The van der Waals surface area contributed by atoms with Crippen LogP contribution >= 0.6 is 0 Å². The average molecular weight is 473 g/mol. The molecule has 0 bridgehead atoms. The molecule has 0 saturated carbocycles. The van der Waals surface area contributed by atoms with Gasteiger partial charge in [-0.15, -0.1) is 0 Å². The molecule has 8 heteroatoms. The van der Waals surface area contributed by atoms with E-state index < -0.39 is 23.4 Å². The second-order valence-corrected chi connectivity index (χ2v) is 8.77. The molecule has 1 aliphatic rings. The molecule has 2 heterocycles. The number of anilines is 1. The second-order valence-electron chi connectivity index (χ2n) is 8.77. The zero-order valence-electron chi connectivity index (χ0n) is 19.3. The molecule has 1 fully saturated rings. The minimum absolute atomic E-state index is 0.179. The van der Waals surface area contributed by atoms with Crippen LogP contribution in [0.5, 0.6) is 0 Å². The van der Waals surface area contributed by atoms with Crippen LogP contribution in [0.25, 0.3) is 22.0 Å². The van der Waals surface area contributed by atoms with E-state index in [1.807, 2.05) is 24.3 Å². The van der Waals surface area contributed by atoms with Gasteiger partial charge in [0.2, 0.25) is 0 Å². The van der Waals surface area contributed by atoms with E-state index in [0.717, 1.165) is 36.4 Å². The van der Waals surface area contributed by atoms with Gasteiger partial charge in [-0.25, -0.2) is 14.2 Å². The largest absolute Gasteiger partial charge is 0.479 e. The number of carbonyl (C=O) groups is 1. The summed E-state index contributed by atoms with van der Waals surface area (Å²) in [7, 11) is 2.10. The molecular formula is C27H25FN4O3. The van der Waals surface area contributed by atoms with E-state index in [9.17, 15) is 14.7 Å². The maximum Gasteiger partial charge on any atom is 0.331 e. The molecule has 0 spiro atoms. The molecule has 1 aliphatic heterocycles. The molecule has 0 radical (unpaired) electrons. The fraction of sp³-hybridized carbons (Fsp3) is 0.222. The monoisotopic (exact) mass is 472 g/mol. The number of hydrogen-bond donors (Lipinski definition) is 1. The first-order valence-electron chi connectivity index (χ1n) is 11.4. The van der Waals surface area contributed by atoms with Crippen molar-refractivity contribution in [3.05, 3.63) is 94.8 Å². The highest BCUT2D eigenvalue weighted by Gasteiger charge is 2.25. The van der Waals surface area contributed by atoms with Gasteiger partial charge in [-0.3, -0.25) is 9.36 Å². The Morgan fingerprint density at radius 2 is 1.66 bits per heavy atom. The molecule has 178 valence electrons. The Morgan fingerprint density at radius 3 is 2.31 bits per heavy atom. The molecule has 1 atom stereocenters. The van der Waals surface area contributed by atoms with Crippen molar-refractivity contribution in [2.75, 3.05) is 38.1 Å². The summed E-state index contributed by atoms with van der Waals surface area (Å²) in [6.07, 6.45) is 1.17. The van der Waals surface area contributed by atoms with Crippen LogP contribution in [0.1, 0.15) is 11.6 Å². The summed E-state index contributed by atoms with van der Waals surface area (Å²) < 4.78 is 16.7. The Hall–Kier alpha value is -4.04. The summed E-state index contributed by atoms with van der Waals surface area (Å²) in [4.78, 5) is 34.2.